The summed E-state index contributed by atoms with van der Waals surface area (Å²) in [6.07, 6.45) is 43.2. The third-order valence-electron chi connectivity index (χ3n) is 16.7. The van der Waals surface area contributed by atoms with Crippen molar-refractivity contribution in [1.82, 2.24) is 0 Å². The molecule has 534 valence electrons. The van der Waals surface area contributed by atoms with Crippen LogP contribution in [0.1, 0.15) is 351 Å². The monoisotopic (exact) mass is 1320 g/mol. The summed E-state index contributed by atoms with van der Waals surface area (Å²) in [7, 11) is -9.90. The van der Waals surface area contributed by atoms with Crippen molar-refractivity contribution >= 4 is 39.5 Å². The summed E-state index contributed by atoms with van der Waals surface area (Å²) in [6.45, 7) is 14.1. The molecule has 0 saturated heterocycles. The number of aliphatic hydroxyl groups excluding tert-OH is 1. The molecule has 0 aliphatic rings. The molecule has 0 saturated carbocycles. The number of carbonyl (C=O) groups is 4. The van der Waals surface area contributed by atoms with Gasteiger partial charge in [-0.05, 0) is 49.4 Å². The lowest BCUT2D eigenvalue weighted by atomic mass is 9.99. The molecule has 0 amide bonds. The van der Waals surface area contributed by atoms with Crippen molar-refractivity contribution in [3.05, 3.63) is 0 Å². The molecular formula is C71H138O17P2. The van der Waals surface area contributed by atoms with E-state index < -0.39 is 97.5 Å². The second-order valence-electron chi connectivity index (χ2n) is 27.3. The number of hydrogen-bond acceptors (Lipinski definition) is 15. The molecule has 0 rings (SSSR count). The molecule has 19 heteroatoms. The quantitative estimate of drug-likeness (QED) is 0.0222. The van der Waals surface area contributed by atoms with E-state index in [9.17, 15) is 43.2 Å². The lowest BCUT2D eigenvalue weighted by Gasteiger charge is -2.21. The van der Waals surface area contributed by atoms with Gasteiger partial charge in [0.25, 0.3) is 0 Å². The van der Waals surface area contributed by atoms with Gasteiger partial charge in [-0.15, -0.1) is 0 Å². The zero-order valence-corrected chi connectivity index (χ0v) is 60.6. The van der Waals surface area contributed by atoms with E-state index in [4.69, 9.17) is 37.0 Å². The van der Waals surface area contributed by atoms with E-state index in [1.165, 1.54) is 148 Å². The standard InChI is InChI=1S/C71H138O17P2/c1-9-64(8)50-42-34-26-18-14-12-10-11-13-15-19-28-37-45-53-70(75)87-66(58-82-69(74)52-44-36-29-21-24-32-40-48-62(4)5)59-85-89(77,78)83-55-65(72)56-84-90(79,80)86-60-67(88-71(76)54-46-38-30-22-25-33-41-49-63(6)7)57-81-68(73)51-43-35-27-20-16-17-23-31-39-47-61(2)3/h61-67,72H,9-60H2,1-8H3,(H,77,78)(H,79,80)/t64?,65?,66-,67-/m1/s1. The minimum absolute atomic E-state index is 0.103. The minimum atomic E-state index is -4.95. The second kappa shape index (κ2) is 60.7. The van der Waals surface area contributed by atoms with Crippen molar-refractivity contribution in [3.8, 4) is 0 Å². The molecule has 0 bridgehead atoms. The number of aliphatic hydroxyl groups is 1. The number of unbranched alkanes of at least 4 members (excludes halogenated alkanes) is 33. The summed E-state index contributed by atoms with van der Waals surface area (Å²) < 4.78 is 68.3. The van der Waals surface area contributed by atoms with Crippen LogP contribution in [-0.4, -0.2) is 96.7 Å². The van der Waals surface area contributed by atoms with Crippen molar-refractivity contribution in [2.75, 3.05) is 39.6 Å². The smallest absolute Gasteiger partial charge is 0.462 e. The van der Waals surface area contributed by atoms with Gasteiger partial charge in [-0.25, -0.2) is 9.13 Å². The van der Waals surface area contributed by atoms with Gasteiger partial charge in [-0.3, -0.25) is 37.3 Å². The summed E-state index contributed by atoms with van der Waals surface area (Å²) in [5.74, 6) is 0.859. The van der Waals surface area contributed by atoms with E-state index in [1.807, 2.05) is 0 Å². The summed E-state index contributed by atoms with van der Waals surface area (Å²) >= 11 is 0. The fraction of sp³-hybridized carbons (Fsp3) is 0.944. The number of ether oxygens (including phenoxy) is 4. The van der Waals surface area contributed by atoms with E-state index in [0.717, 1.165) is 108 Å². The Bertz CT molecular complexity index is 1780. The Morgan fingerprint density at radius 1 is 0.311 bits per heavy atom. The maximum atomic E-state index is 13.0. The van der Waals surface area contributed by atoms with Crippen LogP contribution in [0.15, 0.2) is 0 Å². The highest BCUT2D eigenvalue weighted by atomic mass is 31.2. The molecule has 0 fully saturated rings. The highest BCUT2D eigenvalue weighted by Gasteiger charge is 2.30. The third kappa shape index (κ3) is 63.5. The molecule has 0 aromatic carbocycles. The van der Waals surface area contributed by atoms with Gasteiger partial charge in [0.15, 0.2) is 12.2 Å². The Kier molecular flexibility index (Phi) is 59.4. The highest BCUT2D eigenvalue weighted by Crippen LogP contribution is 2.45. The van der Waals surface area contributed by atoms with Crippen molar-refractivity contribution in [3.63, 3.8) is 0 Å². The van der Waals surface area contributed by atoms with Crippen LogP contribution < -0.4 is 0 Å². The lowest BCUT2D eigenvalue weighted by Crippen LogP contribution is -2.30. The van der Waals surface area contributed by atoms with Gasteiger partial charge in [0.2, 0.25) is 0 Å². The number of phosphoric acid groups is 2. The van der Waals surface area contributed by atoms with Crippen LogP contribution in [0, 0.1) is 23.7 Å². The molecule has 3 N–H and O–H groups in total. The van der Waals surface area contributed by atoms with Crippen LogP contribution >= 0.6 is 15.6 Å². The molecular weight excluding hydrogens is 1190 g/mol. The number of phosphoric ester groups is 2. The van der Waals surface area contributed by atoms with Crippen LogP contribution in [0.4, 0.5) is 0 Å². The Balaban J connectivity index is 5.21. The largest absolute Gasteiger partial charge is 0.472 e. The molecule has 90 heavy (non-hydrogen) atoms. The van der Waals surface area contributed by atoms with Gasteiger partial charge in [-0.2, -0.15) is 0 Å². The first-order valence-corrected chi connectivity index (χ1v) is 39.7. The number of carbonyl (C=O) groups excluding carboxylic acids is 4. The summed E-state index contributed by atoms with van der Waals surface area (Å²) in [5, 5.41) is 10.6. The SMILES string of the molecule is CCC(C)CCCCCCCCCCCCCCCCC(=O)O[C@H](COC(=O)CCCCCCCCCC(C)C)COP(=O)(O)OCC(O)COP(=O)(O)OC[C@@H](COC(=O)CCCCCCCCCCCC(C)C)OC(=O)CCCCCCCCCC(C)C. The predicted octanol–water partition coefficient (Wildman–Crippen LogP) is 20.1. The number of rotatable bonds is 68. The predicted molar refractivity (Wildman–Crippen MR) is 363 cm³/mol. The van der Waals surface area contributed by atoms with E-state index in [1.54, 1.807) is 0 Å². The summed E-state index contributed by atoms with van der Waals surface area (Å²) in [5.41, 5.74) is 0. The number of esters is 4. The van der Waals surface area contributed by atoms with Crippen molar-refractivity contribution in [2.24, 2.45) is 23.7 Å². The minimum Gasteiger partial charge on any atom is -0.462 e. The molecule has 6 atom stereocenters. The first kappa shape index (κ1) is 88.1. The Morgan fingerprint density at radius 2 is 0.533 bits per heavy atom. The van der Waals surface area contributed by atoms with Crippen LogP contribution in [0.2, 0.25) is 0 Å². The van der Waals surface area contributed by atoms with Crippen LogP contribution in [0.3, 0.4) is 0 Å². The average molecular weight is 1330 g/mol. The fourth-order valence-corrected chi connectivity index (χ4v) is 12.2. The van der Waals surface area contributed by atoms with E-state index in [-0.39, 0.29) is 25.7 Å². The van der Waals surface area contributed by atoms with Gasteiger partial charge in [0, 0.05) is 25.7 Å². The van der Waals surface area contributed by atoms with Crippen LogP contribution in [0.25, 0.3) is 0 Å². The average Bonchev–Trinajstić information content (AvgIpc) is 3.71. The fourth-order valence-electron chi connectivity index (χ4n) is 10.6. The van der Waals surface area contributed by atoms with E-state index in [2.05, 4.69) is 55.4 Å². The van der Waals surface area contributed by atoms with Crippen LogP contribution in [0.5, 0.6) is 0 Å². The van der Waals surface area contributed by atoms with Gasteiger partial charge < -0.3 is 33.8 Å². The zero-order valence-electron chi connectivity index (χ0n) is 58.8. The normalized spacial score (nSPS) is 14.6. The third-order valence-corrected chi connectivity index (χ3v) is 18.6. The maximum absolute atomic E-state index is 13.0. The van der Waals surface area contributed by atoms with E-state index in [0.29, 0.717) is 37.5 Å². The molecule has 0 radical (unpaired) electrons. The van der Waals surface area contributed by atoms with Gasteiger partial charge in [0.05, 0.1) is 26.4 Å². The molecule has 0 heterocycles. The molecule has 0 aromatic heterocycles. The van der Waals surface area contributed by atoms with Crippen LogP contribution in [-0.2, 0) is 65.4 Å². The maximum Gasteiger partial charge on any atom is 0.472 e. The molecule has 0 aliphatic heterocycles. The zero-order chi connectivity index (χ0) is 66.8. The molecule has 0 spiro atoms. The van der Waals surface area contributed by atoms with Crippen molar-refractivity contribution in [2.45, 2.75) is 369 Å². The topological polar surface area (TPSA) is 237 Å². The molecule has 17 nitrogen and oxygen atoms in total. The van der Waals surface area contributed by atoms with Gasteiger partial charge in [0.1, 0.15) is 19.3 Å². The van der Waals surface area contributed by atoms with Crippen molar-refractivity contribution < 1.29 is 80.2 Å². The summed E-state index contributed by atoms with van der Waals surface area (Å²) in [4.78, 5) is 72.5. The van der Waals surface area contributed by atoms with E-state index >= 15 is 0 Å². The first-order chi connectivity index (χ1) is 43.1. The summed E-state index contributed by atoms with van der Waals surface area (Å²) in [6, 6.07) is 0. The molecule has 0 aliphatic carbocycles. The molecule has 4 unspecified atom stereocenters. The van der Waals surface area contributed by atoms with Gasteiger partial charge in [-0.1, -0.05) is 299 Å². The number of hydrogen-bond donors (Lipinski definition) is 3. The Morgan fingerprint density at radius 3 is 0.789 bits per heavy atom. The second-order valence-corrected chi connectivity index (χ2v) is 30.2. The molecule has 0 aromatic rings. The lowest BCUT2D eigenvalue weighted by molar-refractivity contribution is -0.161. The highest BCUT2D eigenvalue weighted by molar-refractivity contribution is 7.47. The Labute approximate surface area is 549 Å². The first-order valence-electron chi connectivity index (χ1n) is 36.7. The van der Waals surface area contributed by atoms with Crippen molar-refractivity contribution in [1.29, 1.82) is 0 Å². The Hall–Kier alpha value is -1.94. The van der Waals surface area contributed by atoms with Gasteiger partial charge >= 0.3 is 39.5 Å².